The molecule has 3 aliphatic rings. The zero-order valence-corrected chi connectivity index (χ0v) is 14.9. The topological polar surface area (TPSA) is 54.7 Å². The molecule has 4 heterocycles. The van der Waals surface area contributed by atoms with Gasteiger partial charge in [0.15, 0.2) is 0 Å². The third-order valence-corrected chi connectivity index (χ3v) is 5.83. The van der Waals surface area contributed by atoms with E-state index in [1.807, 2.05) is 0 Å². The average molecular weight is 332 g/mol. The Bertz CT molecular complexity index is 607. The maximum atomic E-state index is 12.2. The van der Waals surface area contributed by atoms with E-state index in [1.165, 1.54) is 18.9 Å². The van der Waals surface area contributed by atoms with Crippen LogP contribution in [-0.4, -0.2) is 48.7 Å². The van der Waals surface area contributed by atoms with Crippen LogP contribution in [0, 0.1) is 17.3 Å². The summed E-state index contributed by atoms with van der Waals surface area (Å²) in [7, 11) is 0. The van der Waals surface area contributed by atoms with Crippen molar-refractivity contribution in [1.29, 1.82) is 0 Å². The fourth-order valence-electron chi connectivity index (χ4n) is 5.06. The molecule has 1 amide bonds. The lowest BCUT2D eigenvalue weighted by Gasteiger charge is -2.29. The molecule has 4 rings (SSSR count). The molecule has 0 aliphatic carbocycles. The van der Waals surface area contributed by atoms with Crippen molar-refractivity contribution in [3.63, 3.8) is 0 Å². The number of hydrogen-bond acceptors (Lipinski definition) is 4. The number of carbonyl (C=O) groups excluding carboxylic acids is 1. The molecule has 0 radical (unpaired) electrons. The molecule has 2 bridgehead atoms. The number of fused-ring (bicyclic) bond motifs is 1. The summed E-state index contributed by atoms with van der Waals surface area (Å²) in [5.74, 6) is 0.924. The normalized spacial score (nSPS) is 35.4. The number of amides is 1. The van der Waals surface area contributed by atoms with Crippen molar-refractivity contribution in [3.8, 4) is 0 Å². The number of nitrogens with zero attached hydrogens (tertiary/aromatic N) is 1. The van der Waals surface area contributed by atoms with Crippen LogP contribution in [0.3, 0.4) is 0 Å². The van der Waals surface area contributed by atoms with Gasteiger partial charge < -0.3 is 14.5 Å². The Balaban J connectivity index is 1.41. The van der Waals surface area contributed by atoms with Crippen molar-refractivity contribution in [1.82, 2.24) is 10.2 Å². The second-order valence-electron chi connectivity index (χ2n) is 8.98. The molecule has 3 aliphatic heterocycles. The first kappa shape index (κ1) is 16.2. The number of hydrogen-bond donors (Lipinski definition) is 1. The van der Waals surface area contributed by atoms with Gasteiger partial charge in [-0.2, -0.15) is 0 Å². The van der Waals surface area contributed by atoms with Crippen LogP contribution in [0.2, 0.25) is 0 Å². The van der Waals surface area contributed by atoms with E-state index in [-0.39, 0.29) is 11.5 Å². The highest BCUT2D eigenvalue weighted by atomic mass is 16.5. The predicted molar refractivity (Wildman–Crippen MR) is 90.8 cm³/mol. The van der Waals surface area contributed by atoms with Gasteiger partial charge in [-0.05, 0) is 24.3 Å². The van der Waals surface area contributed by atoms with Crippen LogP contribution in [0.1, 0.15) is 44.0 Å². The van der Waals surface area contributed by atoms with E-state index in [2.05, 4.69) is 31.0 Å². The largest absolute Gasteiger partial charge is 0.472 e. The van der Waals surface area contributed by atoms with Crippen LogP contribution in [0.15, 0.2) is 23.0 Å². The van der Waals surface area contributed by atoms with E-state index in [4.69, 9.17) is 9.15 Å². The van der Waals surface area contributed by atoms with Crippen molar-refractivity contribution >= 4 is 5.91 Å². The molecule has 0 saturated carbocycles. The van der Waals surface area contributed by atoms with Crippen molar-refractivity contribution in [2.45, 2.75) is 45.3 Å². The maximum Gasteiger partial charge on any atom is 0.254 e. The molecule has 1 spiro atoms. The molecule has 0 aromatic carbocycles. The van der Waals surface area contributed by atoms with E-state index in [1.54, 1.807) is 6.07 Å². The highest BCUT2D eigenvalue weighted by molar-refractivity contribution is 5.93. The number of ether oxygens (including phenoxy) is 1. The van der Waals surface area contributed by atoms with Gasteiger partial charge in [0.1, 0.15) is 6.26 Å². The first-order valence-electron chi connectivity index (χ1n) is 9.07. The fraction of sp³-hybridized carbons (Fsp3) is 0.737. The minimum atomic E-state index is -0.0508. The average Bonchev–Trinajstić information content (AvgIpc) is 3.23. The highest BCUT2D eigenvalue weighted by Crippen LogP contribution is 2.54. The third kappa shape index (κ3) is 2.78. The minimum absolute atomic E-state index is 0.0426. The van der Waals surface area contributed by atoms with Crippen LogP contribution in [0.4, 0.5) is 0 Å². The Kier molecular flexibility index (Phi) is 3.77. The van der Waals surface area contributed by atoms with Crippen molar-refractivity contribution in [3.05, 3.63) is 24.2 Å². The molecule has 1 aromatic rings. The summed E-state index contributed by atoms with van der Waals surface area (Å²) in [6.45, 7) is 10.8. The standard InChI is InChI=1S/C19H28N2O3/c1-18(2,3)11-21-9-15-14(16-4-6-19(15,12-21)24-16)8-20-17(22)13-5-7-23-10-13/h5,7,10,14-16H,4,6,8-9,11-12H2,1-3H3,(H,20,22)/t14-,15+,16+,19+/m0/s1. The Morgan fingerprint density at radius 1 is 1.46 bits per heavy atom. The first-order chi connectivity index (χ1) is 11.4. The van der Waals surface area contributed by atoms with Gasteiger partial charge in [-0.25, -0.2) is 0 Å². The highest BCUT2D eigenvalue weighted by Gasteiger charge is 2.62. The quantitative estimate of drug-likeness (QED) is 0.920. The van der Waals surface area contributed by atoms with E-state index in [9.17, 15) is 4.79 Å². The van der Waals surface area contributed by atoms with Crippen molar-refractivity contribution in [2.24, 2.45) is 17.3 Å². The molecule has 5 heteroatoms. The van der Waals surface area contributed by atoms with E-state index >= 15 is 0 Å². The molecule has 4 atom stereocenters. The van der Waals surface area contributed by atoms with E-state index < -0.39 is 0 Å². The molecular weight excluding hydrogens is 304 g/mol. The van der Waals surface area contributed by atoms with Crippen molar-refractivity contribution in [2.75, 3.05) is 26.2 Å². The molecular formula is C19H28N2O3. The second-order valence-corrected chi connectivity index (χ2v) is 8.98. The maximum absolute atomic E-state index is 12.2. The SMILES string of the molecule is CC(C)(C)CN1C[C@@H]2[C@H](CNC(=O)c3ccoc3)[C@H]3CC[C@]2(C1)O3. The van der Waals surface area contributed by atoms with Crippen molar-refractivity contribution < 1.29 is 13.9 Å². The molecule has 1 N–H and O–H groups in total. The van der Waals surface area contributed by atoms with Crippen LogP contribution in [-0.2, 0) is 4.74 Å². The Labute approximate surface area is 143 Å². The molecule has 1 aromatic heterocycles. The first-order valence-corrected chi connectivity index (χ1v) is 9.07. The number of furan rings is 1. The lowest BCUT2D eigenvalue weighted by Crippen LogP contribution is -2.41. The Morgan fingerprint density at radius 3 is 3.00 bits per heavy atom. The lowest BCUT2D eigenvalue weighted by molar-refractivity contribution is 0.000433. The van der Waals surface area contributed by atoms with Gasteiger partial charge in [-0.15, -0.1) is 0 Å². The predicted octanol–water partition coefficient (Wildman–Crippen LogP) is 2.53. The fourth-order valence-corrected chi connectivity index (χ4v) is 5.06. The van der Waals surface area contributed by atoms with E-state index in [0.29, 0.717) is 35.5 Å². The third-order valence-electron chi connectivity index (χ3n) is 5.83. The molecule has 3 saturated heterocycles. The summed E-state index contributed by atoms with van der Waals surface area (Å²) in [5.41, 5.74) is 0.939. The van der Waals surface area contributed by atoms with Gasteiger partial charge >= 0.3 is 0 Å². The summed E-state index contributed by atoms with van der Waals surface area (Å²) in [6, 6.07) is 1.70. The summed E-state index contributed by atoms with van der Waals surface area (Å²) < 4.78 is 11.4. The summed E-state index contributed by atoms with van der Waals surface area (Å²) in [5, 5.41) is 3.09. The summed E-state index contributed by atoms with van der Waals surface area (Å²) >= 11 is 0. The number of nitrogens with one attached hydrogen (secondary N) is 1. The Morgan fingerprint density at radius 2 is 2.29 bits per heavy atom. The number of rotatable bonds is 4. The smallest absolute Gasteiger partial charge is 0.254 e. The van der Waals surface area contributed by atoms with Gasteiger partial charge in [-0.1, -0.05) is 20.8 Å². The molecule has 5 nitrogen and oxygen atoms in total. The van der Waals surface area contributed by atoms with Crippen LogP contribution < -0.4 is 5.32 Å². The zero-order valence-electron chi connectivity index (χ0n) is 14.9. The van der Waals surface area contributed by atoms with Crippen LogP contribution in [0.5, 0.6) is 0 Å². The number of carbonyl (C=O) groups is 1. The Hall–Kier alpha value is -1.33. The van der Waals surface area contributed by atoms with Crippen LogP contribution in [0.25, 0.3) is 0 Å². The van der Waals surface area contributed by atoms with E-state index in [0.717, 1.165) is 26.1 Å². The minimum Gasteiger partial charge on any atom is -0.472 e. The molecule has 24 heavy (non-hydrogen) atoms. The van der Waals surface area contributed by atoms with Gasteiger partial charge in [0.25, 0.3) is 5.91 Å². The summed E-state index contributed by atoms with van der Waals surface area (Å²) in [6.07, 6.45) is 5.65. The van der Waals surface area contributed by atoms with Crippen LogP contribution >= 0.6 is 0 Å². The monoisotopic (exact) mass is 332 g/mol. The lowest BCUT2D eigenvalue weighted by atomic mass is 9.73. The van der Waals surface area contributed by atoms with Gasteiger partial charge in [0.05, 0.1) is 23.5 Å². The summed E-state index contributed by atoms with van der Waals surface area (Å²) in [4.78, 5) is 14.8. The van der Waals surface area contributed by atoms with Gasteiger partial charge in [-0.3, -0.25) is 9.69 Å². The van der Waals surface area contributed by atoms with Gasteiger partial charge in [0, 0.05) is 38.0 Å². The molecule has 0 unspecified atom stereocenters. The molecule has 3 fully saturated rings. The number of likely N-dealkylation sites (tertiary alicyclic amines) is 1. The molecule has 132 valence electrons. The van der Waals surface area contributed by atoms with Gasteiger partial charge in [0.2, 0.25) is 0 Å². The second kappa shape index (κ2) is 5.60. The zero-order chi connectivity index (χ0) is 16.9.